The second-order valence-corrected chi connectivity index (χ2v) is 7.22. The van der Waals surface area contributed by atoms with Gasteiger partial charge >= 0.3 is 6.03 Å². The van der Waals surface area contributed by atoms with Crippen molar-refractivity contribution in [1.82, 2.24) is 19.7 Å². The van der Waals surface area contributed by atoms with Crippen LogP contribution in [0.15, 0.2) is 29.1 Å². The van der Waals surface area contributed by atoms with Gasteiger partial charge in [0, 0.05) is 57.4 Å². The first-order valence-electron chi connectivity index (χ1n) is 9.68. The zero-order chi connectivity index (χ0) is 19.5. The number of fused-ring (bicyclic) bond motifs is 1. The number of methoxy groups -OCH3 is 1. The van der Waals surface area contributed by atoms with Gasteiger partial charge in [0.25, 0.3) is 5.56 Å². The van der Waals surface area contributed by atoms with Gasteiger partial charge in [0.1, 0.15) is 5.75 Å². The fourth-order valence-corrected chi connectivity index (χ4v) is 3.76. The number of rotatable bonds is 3. The molecule has 2 aliphatic heterocycles. The van der Waals surface area contributed by atoms with Crippen LogP contribution < -0.4 is 10.3 Å². The van der Waals surface area contributed by atoms with Gasteiger partial charge < -0.3 is 24.3 Å². The third kappa shape index (κ3) is 3.98. The van der Waals surface area contributed by atoms with Crippen LogP contribution >= 0.6 is 0 Å². The molecule has 1 aromatic carbocycles. The standard InChI is InChI=1S/C20H26N4O4/c1-27-17-3-2-15-12-16(19(25)21-18(15)13-17)14-22-4-6-23(7-5-22)20(26)24-8-10-28-11-9-24/h2-3,12-13H,4-11,14H2,1H3,(H,21,25). The van der Waals surface area contributed by atoms with Gasteiger partial charge in [-0.2, -0.15) is 0 Å². The molecule has 150 valence electrons. The van der Waals surface area contributed by atoms with Crippen molar-refractivity contribution in [2.24, 2.45) is 0 Å². The Morgan fingerprint density at radius 2 is 1.79 bits per heavy atom. The number of ether oxygens (including phenoxy) is 2. The number of nitrogens with zero attached hydrogens (tertiary/aromatic N) is 3. The van der Waals surface area contributed by atoms with Gasteiger partial charge in [0.05, 0.1) is 25.8 Å². The second-order valence-electron chi connectivity index (χ2n) is 7.22. The van der Waals surface area contributed by atoms with Gasteiger partial charge in [-0.25, -0.2) is 4.79 Å². The van der Waals surface area contributed by atoms with Crippen LogP contribution in [0.3, 0.4) is 0 Å². The molecule has 0 spiro atoms. The van der Waals surface area contributed by atoms with E-state index >= 15 is 0 Å². The molecule has 0 radical (unpaired) electrons. The maximum absolute atomic E-state index is 12.6. The Hall–Kier alpha value is -2.58. The first-order chi connectivity index (χ1) is 13.6. The van der Waals surface area contributed by atoms with Crippen LogP contribution in [-0.4, -0.2) is 85.3 Å². The number of carbonyl (C=O) groups excluding carboxylic acids is 1. The molecule has 2 fully saturated rings. The van der Waals surface area contributed by atoms with E-state index in [4.69, 9.17) is 9.47 Å². The second kappa shape index (κ2) is 8.20. The summed E-state index contributed by atoms with van der Waals surface area (Å²) in [5, 5.41) is 0.983. The van der Waals surface area contributed by atoms with Gasteiger partial charge in [-0.05, 0) is 23.6 Å². The monoisotopic (exact) mass is 386 g/mol. The van der Waals surface area contributed by atoms with Crippen molar-refractivity contribution in [3.8, 4) is 5.75 Å². The summed E-state index contributed by atoms with van der Waals surface area (Å²) in [4.78, 5) is 34.0. The van der Waals surface area contributed by atoms with E-state index in [1.807, 2.05) is 34.1 Å². The van der Waals surface area contributed by atoms with Crippen LogP contribution in [0.5, 0.6) is 5.75 Å². The molecule has 2 saturated heterocycles. The topological polar surface area (TPSA) is 78.1 Å². The van der Waals surface area contributed by atoms with Gasteiger partial charge in [-0.15, -0.1) is 0 Å². The normalized spacial score (nSPS) is 18.5. The largest absolute Gasteiger partial charge is 0.497 e. The molecule has 3 heterocycles. The number of benzene rings is 1. The molecule has 8 heteroatoms. The Labute approximate surface area is 163 Å². The molecule has 2 aliphatic rings. The van der Waals surface area contributed by atoms with E-state index < -0.39 is 0 Å². The molecule has 0 bridgehead atoms. The highest BCUT2D eigenvalue weighted by Gasteiger charge is 2.26. The first kappa shape index (κ1) is 18.8. The fraction of sp³-hybridized carbons (Fsp3) is 0.500. The van der Waals surface area contributed by atoms with Crippen LogP contribution in [-0.2, 0) is 11.3 Å². The van der Waals surface area contributed by atoms with Crippen LogP contribution in [0, 0.1) is 0 Å². The third-order valence-corrected chi connectivity index (χ3v) is 5.45. The maximum atomic E-state index is 12.6. The zero-order valence-electron chi connectivity index (χ0n) is 16.1. The number of H-pyrrole nitrogens is 1. The number of urea groups is 1. The van der Waals surface area contributed by atoms with E-state index in [1.165, 1.54) is 0 Å². The highest BCUT2D eigenvalue weighted by molar-refractivity contribution is 5.80. The maximum Gasteiger partial charge on any atom is 0.320 e. The molecule has 28 heavy (non-hydrogen) atoms. The van der Waals surface area contributed by atoms with Crippen molar-refractivity contribution in [1.29, 1.82) is 0 Å². The SMILES string of the molecule is COc1ccc2cc(CN3CCN(C(=O)N4CCOCC4)CC3)c(=O)[nH]c2c1. The molecule has 2 amide bonds. The number of hydrogen-bond donors (Lipinski definition) is 1. The third-order valence-electron chi connectivity index (χ3n) is 5.45. The molecule has 8 nitrogen and oxygen atoms in total. The number of pyridine rings is 1. The summed E-state index contributed by atoms with van der Waals surface area (Å²) in [6.07, 6.45) is 0. The quantitative estimate of drug-likeness (QED) is 0.855. The highest BCUT2D eigenvalue weighted by atomic mass is 16.5. The summed E-state index contributed by atoms with van der Waals surface area (Å²) in [7, 11) is 1.61. The van der Waals surface area contributed by atoms with E-state index in [0.717, 1.165) is 35.3 Å². The minimum absolute atomic E-state index is 0.0763. The van der Waals surface area contributed by atoms with Gasteiger partial charge in [-0.1, -0.05) is 0 Å². The lowest BCUT2D eigenvalue weighted by molar-refractivity contribution is 0.0373. The van der Waals surface area contributed by atoms with Crippen molar-refractivity contribution in [2.75, 3.05) is 59.6 Å². The lowest BCUT2D eigenvalue weighted by Gasteiger charge is -2.38. The summed E-state index contributed by atoms with van der Waals surface area (Å²) < 4.78 is 10.5. The predicted octanol–water partition coefficient (Wildman–Crippen LogP) is 1.11. The summed E-state index contributed by atoms with van der Waals surface area (Å²) in [5.41, 5.74) is 1.44. The molecule has 1 N–H and O–H groups in total. The minimum Gasteiger partial charge on any atom is -0.497 e. The molecular formula is C20H26N4O4. The number of nitrogens with one attached hydrogen (secondary N) is 1. The average molecular weight is 386 g/mol. The molecule has 2 aromatic rings. The molecule has 0 unspecified atom stereocenters. The average Bonchev–Trinajstić information content (AvgIpc) is 2.74. The smallest absolute Gasteiger partial charge is 0.320 e. The lowest BCUT2D eigenvalue weighted by Crippen LogP contribution is -2.54. The Morgan fingerprint density at radius 1 is 1.07 bits per heavy atom. The number of carbonyl (C=O) groups is 1. The van der Waals surface area contributed by atoms with E-state index in [1.54, 1.807) is 7.11 Å². The molecule has 0 saturated carbocycles. The summed E-state index contributed by atoms with van der Waals surface area (Å²) in [5.74, 6) is 0.719. The fourth-order valence-electron chi connectivity index (χ4n) is 3.76. The predicted molar refractivity (Wildman–Crippen MR) is 106 cm³/mol. The van der Waals surface area contributed by atoms with Crippen molar-refractivity contribution in [3.63, 3.8) is 0 Å². The number of aromatic amines is 1. The molecule has 0 atom stereocenters. The highest BCUT2D eigenvalue weighted by Crippen LogP contribution is 2.19. The van der Waals surface area contributed by atoms with Crippen molar-refractivity contribution < 1.29 is 14.3 Å². The number of hydrogen-bond acceptors (Lipinski definition) is 5. The van der Waals surface area contributed by atoms with Gasteiger partial charge in [-0.3, -0.25) is 9.69 Å². The number of morpholine rings is 1. The van der Waals surface area contributed by atoms with E-state index in [9.17, 15) is 9.59 Å². The van der Waals surface area contributed by atoms with Crippen LogP contribution in [0.1, 0.15) is 5.56 Å². The number of piperazine rings is 1. The minimum atomic E-state index is -0.0763. The van der Waals surface area contributed by atoms with Crippen molar-refractivity contribution in [2.45, 2.75) is 6.54 Å². The Balaban J connectivity index is 1.38. The van der Waals surface area contributed by atoms with E-state index in [-0.39, 0.29) is 11.6 Å². The molecule has 0 aliphatic carbocycles. The van der Waals surface area contributed by atoms with Crippen LogP contribution in [0.4, 0.5) is 4.79 Å². The Kier molecular flexibility index (Phi) is 5.50. The Morgan fingerprint density at radius 3 is 2.50 bits per heavy atom. The molecular weight excluding hydrogens is 360 g/mol. The number of amides is 2. The number of aromatic nitrogens is 1. The zero-order valence-corrected chi connectivity index (χ0v) is 16.1. The van der Waals surface area contributed by atoms with Crippen LogP contribution in [0.25, 0.3) is 10.9 Å². The van der Waals surface area contributed by atoms with Gasteiger partial charge in [0.15, 0.2) is 0 Å². The van der Waals surface area contributed by atoms with Gasteiger partial charge in [0.2, 0.25) is 0 Å². The first-order valence-corrected chi connectivity index (χ1v) is 9.68. The van der Waals surface area contributed by atoms with Crippen molar-refractivity contribution in [3.05, 3.63) is 40.2 Å². The summed E-state index contributed by atoms with van der Waals surface area (Å²) in [6, 6.07) is 7.71. The molecule has 1 aromatic heterocycles. The molecule has 4 rings (SSSR count). The lowest BCUT2D eigenvalue weighted by atomic mass is 10.1. The van der Waals surface area contributed by atoms with E-state index in [2.05, 4.69) is 9.88 Å². The Bertz CT molecular complexity index is 899. The summed E-state index contributed by atoms with van der Waals surface area (Å²) >= 11 is 0. The van der Waals surface area contributed by atoms with Crippen molar-refractivity contribution >= 4 is 16.9 Å². The van der Waals surface area contributed by atoms with E-state index in [0.29, 0.717) is 45.9 Å². The summed E-state index contributed by atoms with van der Waals surface area (Å²) in [6.45, 7) is 6.01. The van der Waals surface area contributed by atoms with Crippen LogP contribution in [0.2, 0.25) is 0 Å².